The minimum atomic E-state index is 0.500. The van der Waals surface area contributed by atoms with Crippen LogP contribution in [0.3, 0.4) is 0 Å². The number of rotatable bonds is 0. The van der Waals surface area contributed by atoms with Gasteiger partial charge in [0.2, 0.25) is 0 Å². The highest BCUT2D eigenvalue weighted by Gasteiger charge is 1.91. The molecule has 0 amide bonds. The second-order valence-corrected chi connectivity index (χ2v) is 1.97. The van der Waals surface area contributed by atoms with Crippen LogP contribution in [0.15, 0.2) is 10.7 Å². The summed E-state index contributed by atoms with van der Waals surface area (Å²) >= 11 is 3.15. The maximum Gasteiger partial charge on any atom is 0.159 e. The average molecular weight is 194 g/mol. The van der Waals surface area contributed by atoms with E-state index in [0.717, 1.165) is 11.6 Å². The number of aliphatic hydroxyl groups is 1. The fraction of sp³-hybridized carbons (Fsp3) is 0.250. The maximum absolute atomic E-state index is 7.00. The highest BCUT2D eigenvalue weighted by molar-refractivity contribution is 9.10. The Labute approximate surface area is 61.2 Å². The number of hydrogen-bond donors (Lipinski definition) is 3. The molecule has 0 aliphatic heterocycles. The minimum absolute atomic E-state index is 0.500. The molecule has 4 nitrogen and oxygen atoms in total. The summed E-state index contributed by atoms with van der Waals surface area (Å²) in [5.74, 6) is 0.500. The van der Waals surface area contributed by atoms with Gasteiger partial charge in [-0.15, -0.1) is 0 Å². The lowest BCUT2D eigenvalue weighted by Gasteiger charge is -1.75. The number of aromatic amines is 1. The molecular weight excluding hydrogens is 186 g/mol. The molecule has 0 saturated carbocycles. The van der Waals surface area contributed by atoms with Crippen molar-refractivity contribution in [1.82, 2.24) is 10.2 Å². The summed E-state index contributed by atoms with van der Waals surface area (Å²) in [5, 5.41) is 13.2. The second kappa shape index (κ2) is 4.34. The van der Waals surface area contributed by atoms with Gasteiger partial charge in [-0.1, -0.05) is 0 Å². The molecule has 0 bridgehead atoms. The van der Waals surface area contributed by atoms with Crippen molar-refractivity contribution in [2.45, 2.75) is 0 Å². The van der Waals surface area contributed by atoms with E-state index in [4.69, 9.17) is 10.8 Å². The van der Waals surface area contributed by atoms with Gasteiger partial charge in [-0.05, 0) is 15.9 Å². The van der Waals surface area contributed by atoms with Gasteiger partial charge in [0.25, 0.3) is 0 Å². The molecule has 0 fully saturated rings. The van der Waals surface area contributed by atoms with Crippen molar-refractivity contribution >= 4 is 21.7 Å². The number of aromatic nitrogens is 2. The standard InChI is InChI=1S/C3H4BrN3.CH4O/c4-2-1-6-7-3(2)5;1-2/h1H,(H3,5,6,7);2H,1H3. The van der Waals surface area contributed by atoms with E-state index in [1.807, 2.05) is 0 Å². The third kappa shape index (κ3) is 2.48. The number of aliphatic hydroxyl groups excluding tert-OH is 1. The predicted octanol–water partition coefficient (Wildman–Crippen LogP) is 0.363. The number of halogens is 1. The molecule has 0 aliphatic carbocycles. The molecule has 0 saturated heterocycles. The van der Waals surface area contributed by atoms with Gasteiger partial charge in [0.15, 0.2) is 5.82 Å². The number of nitrogens with one attached hydrogen (secondary N) is 1. The Balaban J connectivity index is 0.000000291. The third-order valence-electron chi connectivity index (χ3n) is 0.621. The second-order valence-electron chi connectivity index (χ2n) is 1.12. The Kier molecular flexibility index (Phi) is 4.08. The first kappa shape index (κ1) is 8.45. The molecule has 4 N–H and O–H groups in total. The molecule has 0 unspecified atom stereocenters. The van der Waals surface area contributed by atoms with Crippen molar-refractivity contribution in [3.8, 4) is 0 Å². The molecule has 9 heavy (non-hydrogen) atoms. The van der Waals surface area contributed by atoms with Gasteiger partial charge >= 0.3 is 0 Å². The highest BCUT2D eigenvalue weighted by Crippen LogP contribution is 2.12. The van der Waals surface area contributed by atoms with Gasteiger partial charge in [0, 0.05) is 13.3 Å². The SMILES string of the molecule is CO.Nc1n[nH]cc1Br. The largest absolute Gasteiger partial charge is 0.400 e. The van der Waals surface area contributed by atoms with Crippen LogP contribution in [0.4, 0.5) is 5.82 Å². The van der Waals surface area contributed by atoms with Gasteiger partial charge < -0.3 is 10.8 Å². The van der Waals surface area contributed by atoms with Crippen LogP contribution in [-0.4, -0.2) is 22.4 Å². The number of nitrogens with zero attached hydrogens (tertiary/aromatic N) is 1. The molecule has 1 heterocycles. The summed E-state index contributed by atoms with van der Waals surface area (Å²) in [5.41, 5.74) is 5.25. The van der Waals surface area contributed by atoms with Crippen LogP contribution < -0.4 is 5.73 Å². The van der Waals surface area contributed by atoms with E-state index in [1.165, 1.54) is 0 Å². The van der Waals surface area contributed by atoms with Crippen LogP contribution in [0.1, 0.15) is 0 Å². The van der Waals surface area contributed by atoms with Crippen LogP contribution in [0, 0.1) is 0 Å². The minimum Gasteiger partial charge on any atom is -0.400 e. The van der Waals surface area contributed by atoms with Gasteiger partial charge in [0.1, 0.15) is 0 Å². The third-order valence-corrected chi connectivity index (χ3v) is 1.26. The summed E-state index contributed by atoms with van der Waals surface area (Å²) in [6.45, 7) is 0. The first-order valence-corrected chi connectivity index (χ1v) is 2.99. The zero-order chi connectivity index (χ0) is 7.28. The van der Waals surface area contributed by atoms with Crippen molar-refractivity contribution in [2.24, 2.45) is 0 Å². The molecule has 5 heteroatoms. The predicted molar refractivity (Wildman–Crippen MR) is 38.8 cm³/mol. The van der Waals surface area contributed by atoms with E-state index >= 15 is 0 Å². The van der Waals surface area contributed by atoms with Crippen LogP contribution in [-0.2, 0) is 0 Å². The Morgan fingerprint density at radius 2 is 2.33 bits per heavy atom. The molecule has 52 valence electrons. The van der Waals surface area contributed by atoms with E-state index in [2.05, 4.69) is 26.1 Å². The number of H-pyrrole nitrogens is 1. The quantitative estimate of drug-likeness (QED) is 0.558. The topological polar surface area (TPSA) is 74.9 Å². The lowest BCUT2D eigenvalue weighted by molar-refractivity contribution is 0.399. The molecular formula is C4H8BrN3O. The van der Waals surface area contributed by atoms with Crippen molar-refractivity contribution in [2.75, 3.05) is 12.8 Å². The summed E-state index contributed by atoms with van der Waals surface area (Å²) in [6, 6.07) is 0. The molecule has 1 rings (SSSR count). The summed E-state index contributed by atoms with van der Waals surface area (Å²) in [4.78, 5) is 0. The molecule has 0 radical (unpaired) electrons. The van der Waals surface area contributed by atoms with Gasteiger partial charge in [-0.2, -0.15) is 5.10 Å². The zero-order valence-corrected chi connectivity index (χ0v) is 6.51. The lowest BCUT2D eigenvalue weighted by atomic mass is 10.7. The zero-order valence-electron chi connectivity index (χ0n) is 4.93. The molecule has 0 spiro atoms. The number of hydrogen-bond acceptors (Lipinski definition) is 3. The van der Waals surface area contributed by atoms with Crippen LogP contribution in [0.2, 0.25) is 0 Å². The summed E-state index contributed by atoms with van der Waals surface area (Å²) in [7, 11) is 1.00. The van der Waals surface area contributed by atoms with E-state index in [9.17, 15) is 0 Å². The van der Waals surface area contributed by atoms with Crippen LogP contribution >= 0.6 is 15.9 Å². The smallest absolute Gasteiger partial charge is 0.159 e. The Morgan fingerprint density at radius 3 is 2.44 bits per heavy atom. The molecule has 0 atom stereocenters. The lowest BCUT2D eigenvalue weighted by Crippen LogP contribution is -1.83. The molecule has 1 aromatic heterocycles. The van der Waals surface area contributed by atoms with Crippen molar-refractivity contribution < 1.29 is 5.11 Å². The number of nitrogen functional groups attached to an aromatic ring is 1. The van der Waals surface area contributed by atoms with Gasteiger partial charge in [-0.25, -0.2) is 0 Å². The monoisotopic (exact) mass is 193 g/mol. The van der Waals surface area contributed by atoms with Gasteiger partial charge in [-0.3, -0.25) is 5.10 Å². The molecule has 0 aliphatic rings. The van der Waals surface area contributed by atoms with E-state index < -0.39 is 0 Å². The average Bonchev–Trinajstić information content (AvgIpc) is 2.23. The molecule has 1 aromatic rings. The normalized spacial score (nSPS) is 7.89. The van der Waals surface area contributed by atoms with Crippen molar-refractivity contribution in [3.05, 3.63) is 10.7 Å². The summed E-state index contributed by atoms with van der Waals surface area (Å²) in [6.07, 6.45) is 1.68. The summed E-state index contributed by atoms with van der Waals surface area (Å²) < 4.78 is 0.813. The van der Waals surface area contributed by atoms with Crippen molar-refractivity contribution in [3.63, 3.8) is 0 Å². The van der Waals surface area contributed by atoms with Crippen LogP contribution in [0.5, 0.6) is 0 Å². The maximum atomic E-state index is 7.00. The Hall–Kier alpha value is -0.550. The number of anilines is 1. The van der Waals surface area contributed by atoms with E-state index in [1.54, 1.807) is 6.20 Å². The fourth-order valence-corrected chi connectivity index (χ4v) is 0.477. The Morgan fingerprint density at radius 1 is 1.78 bits per heavy atom. The Bertz CT molecular complexity index is 148. The van der Waals surface area contributed by atoms with Crippen molar-refractivity contribution in [1.29, 1.82) is 0 Å². The first-order chi connectivity index (χ1) is 4.30. The first-order valence-electron chi connectivity index (χ1n) is 2.20. The van der Waals surface area contributed by atoms with E-state index in [0.29, 0.717) is 5.82 Å². The van der Waals surface area contributed by atoms with E-state index in [-0.39, 0.29) is 0 Å². The highest BCUT2D eigenvalue weighted by atomic mass is 79.9. The van der Waals surface area contributed by atoms with Crippen LogP contribution in [0.25, 0.3) is 0 Å². The van der Waals surface area contributed by atoms with Gasteiger partial charge in [0.05, 0.1) is 4.47 Å². The number of nitrogens with two attached hydrogens (primary N) is 1. The fourth-order valence-electron chi connectivity index (χ4n) is 0.286. The molecule has 0 aromatic carbocycles.